The van der Waals surface area contributed by atoms with Crippen LogP contribution in [0.3, 0.4) is 0 Å². The Balaban J connectivity index is 3.18. The van der Waals surface area contributed by atoms with Crippen LogP contribution >= 0.6 is 0 Å². The van der Waals surface area contributed by atoms with E-state index in [0.717, 1.165) is 6.54 Å². The van der Waals surface area contributed by atoms with Crippen molar-refractivity contribution in [2.75, 3.05) is 6.54 Å². The van der Waals surface area contributed by atoms with Crippen LogP contribution in [0, 0.1) is 0 Å². The van der Waals surface area contributed by atoms with Gasteiger partial charge >= 0.3 is 0 Å². The standard InChI is InChI=1S/C21H51NO3Si4/c1-18(2,23-28(14,15)20(5,6)24-27(11,12)13)21(7)17-22-29(21,16)25-19(3,4)26(8,9)10/h22H,17H2,1-16H3. The van der Waals surface area contributed by atoms with E-state index in [1.165, 1.54) is 0 Å². The monoisotopic (exact) mass is 477 g/mol. The molecule has 0 aromatic carbocycles. The van der Waals surface area contributed by atoms with Gasteiger partial charge in [-0.25, -0.2) is 0 Å². The highest BCUT2D eigenvalue weighted by molar-refractivity contribution is 6.82. The summed E-state index contributed by atoms with van der Waals surface area (Å²) >= 11 is 0. The third-order valence-electron chi connectivity index (χ3n) is 7.95. The predicted molar refractivity (Wildman–Crippen MR) is 138 cm³/mol. The Morgan fingerprint density at radius 1 is 0.793 bits per heavy atom. The van der Waals surface area contributed by atoms with Crippen molar-refractivity contribution in [3.8, 4) is 0 Å². The quantitative estimate of drug-likeness (QED) is 0.397. The minimum absolute atomic E-state index is 0.00354. The van der Waals surface area contributed by atoms with Gasteiger partial charge in [-0.15, -0.1) is 0 Å². The molecule has 0 radical (unpaired) electrons. The first-order valence-corrected chi connectivity index (χ1v) is 23.4. The molecule has 1 aliphatic heterocycles. The Morgan fingerprint density at radius 3 is 1.55 bits per heavy atom. The molecule has 0 saturated carbocycles. The average Bonchev–Trinajstić information content (AvgIpc) is 2.39. The molecule has 0 aromatic heterocycles. The number of nitrogens with one attached hydrogen (secondary N) is 1. The van der Waals surface area contributed by atoms with Crippen molar-refractivity contribution in [1.29, 1.82) is 0 Å². The van der Waals surface area contributed by atoms with Crippen LogP contribution in [0.25, 0.3) is 0 Å². The maximum absolute atomic E-state index is 7.10. The molecule has 4 nitrogen and oxygen atoms in total. The van der Waals surface area contributed by atoms with Crippen LogP contribution in [0.4, 0.5) is 0 Å². The molecule has 1 N–H and O–H groups in total. The molecule has 0 aliphatic carbocycles. The lowest BCUT2D eigenvalue weighted by Gasteiger charge is -2.64. The van der Waals surface area contributed by atoms with E-state index in [1.54, 1.807) is 0 Å². The molecule has 0 bridgehead atoms. The summed E-state index contributed by atoms with van der Waals surface area (Å²) in [5.74, 6) is 0. The van der Waals surface area contributed by atoms with E-state index in [4.69, 9.17) is 13.3 Å². The molecular formula is C21H51NO3Si4. The molecule has 1 rings (SSSR count). The zero-order valence-corrected chi connectivity index (χ0v) is 26.4. The molecule has 0 spiro atoms. The summed E-state index contributed by atoms with van der Waals surface area (Å²) in [5.41, 5.74) is -0.287. The second-order valence-electron chi connectivity index (χ2n) is 13.4. The van der Waals surface area contributed by atoms with Gasteiger partial charge in [0.1, 0.15) is 0 Å². The summed E-state index contributed by atoms with van der Waals surface area (Å²) in [7, 11) is -7.50. The van der Waals surface area contributed by atoms with E-state index in [9.17, 15) is 0 Å². The summed E-state index contributed by atoms with van der Waals surface area (Å²) in [6.07, 6.45) is 0. The van der Waals surface area contributed by atoms with Gasteiger partial charge < -0.3 is 18.3 Å². The summed E-state index contributed by atoms with van der Waals surface area (Å²) in [6.45, 7) is 37.9. The molecule has 2 unspecified atom stereocenters. The molecule has 8 heteroatoms. The molecule has 0 amide bonds. The molecule has 1 fully saturated rings. The Kier molecular flexibility index (Phi) is 7.31. The van der Waals surface area contributed by atoms with Crippen molar-refractivity contribution >= 4 is 33.2 Å². The fourth-order valence-corrected chi connectivity index (χ4v) is 14.8. The van der Waals surface area contributed by atoms with E-state index in [2.05, 4.69) is 112 Å². The lowest BCUT2D eigenvalue weighted by molar-refractivity contribution is -0.00524. The molecule has 29 heavy (non-hydrogen) atoms. The van der Waals surface area contributed by atoms with Crippen LogP contribution in [-0.2, 0) is 13.3 Å². The SMILES string of the molecule is CC(C)(O[Si](C)(C)C(C)(C)O[Si](C)(C)C)C1(C)CN[Si]1(C)OC(C)(C)[Si](C)(C)C. The summed E-state index contributed by atoms with van der Waals surface area (Å²) in [4.78, 5) is 3.76. The van der Waals surface area contributed by atoms with Crippen molar-refractivity contribution in [2.24, 2.45) is 0 Å². The topological polar surface area (TPSA) is 39.7 Å². The van der Waals surface area contributed by atoms with Crippen LogP contribution in [0.1, 0.15) is 48.5 Å². The van der Waals surface area contributed by atoms with Crippen molar-refractivity contribution in [3.05, 3.63) is 0 Å². The molecule has 2 atom stereocenters. The number of hydrogen-bond donors (Lipinski definition) is 1. The van der Waals surface area contributed by atoms with Gasteiger partial charge in [0, 0.05) is 10.3 Å². The van der Waals surface area contributed by atoms with Crippen molar-refractivity contribution in [2.45, 2.75) is 128 Å². The third kappa shape index (κ3) is 5.38. The van der Waals surface area contributed by atoms with E-state index >= 15 is 0 Å². The van der Waals surface area contributed by atoms with Gasteiger partial charge in [0.15, 0.2) is 8.32 Å². The van der Waals surface area contributed by atoms with Crippen LogP contribution < -0.4 is 4.98 Å². The van der Waals surface area contributed by atoms with Gasteiger partial charge in [-0.05, 0) is 87.4 Å². The Hall–Kier alpha value is 0.708. The fourth-order valence-electron chi connectivity index (χ4n) is 3.96. The zero-order valence-electron chi connectivity index (χ0n) is 22.4. The van der Waals surface area contributed by atoms with Gasteiger partial charge in [0.05, 0.1) is 18.9 Å². The van der Waals surface area contributed by atoms with Crippen LogP contribution in [0.2, 0.25) is 64.0 Å². The lowest BCUT2D eigenvalue weighted by Crippen LogP contribution is -2.81. The van der Waals surface area contributed by atoms with Gasteiger partial charge in [-0.3, -0.25) is 0 Å². The maximum atomic E-state index is 7.10. The summed E-state index contributed by atoms with van der Waals surface area (Å²) in [6, 6.07) is 0. The van der Waals surface area contributed by atoms with Crippen LogP contribution in [0.5, 0.6) is 0 Å². The van der Waals surface area contributed by atoms with E-state index < -0.39 is 33.2 Å². The van der Waals surface area contributed by atoms with Crippen LogP contribution in [-0.4, -0.2) is 55.8 Å². The highest BCUT2D eigenvalue weighted by Crippen LogP contribution is 2.56. The summed E-state index contributed by atoms with van der Waals surface area (Å²) in [5, 5.41) is -0.318. The van der Waals surface area contributed by atoms with Crippen molar-refractivity contribution < 1.29 is 13.3 Å². The molecule has 174 valence electrons. The van der Waals surface area contributed by atoms with E-state index in [1.807, 2.05) is 0 Å². The highest BCUT2D eigenvalue weighted by atomic mass is 28.4. The molecule has 1 heterocycles. The first kappa shape index (κ1) is 27.7. The molecule has 1 saturated heterocycles. The molecule has 1 aliphatic rings. The highest BCUT2D eigenvalue weighted by Gasteiger charge is 2.68. The normalized spacial score (nSPS) is 27.7. The minimum atomic E-state index is -2.19. The zero-order chi connectivity index (χ0) is 23.5. The number of hydrogen-bond acceptors (Lipinski definition) is 4. The average molecular weight is 478 g/mol. The minimum Gasteiger partial charge on any atom is -0.413 e. The van der Waals surface area contributed by atoms with E-state index in [-0.39, 0.29) is 21.1 Å². The van der Waals surface area contributed by atoms with Crippen molar-refractivity contribution in [3.63, 3.8) is 0 Å². The number of rotatable bonds is 9. The Labute approximate surface area is 186 Å². The smallest absolute Gasteiger partial charge is 0.275 e. The third-order valence-corrected chi connectivity index (χ3v) is 21.9. The van der Waals surface area contributed by atoms with Gasteiger partial charge in [0.25, 0.3) is 8.48 Å². The first-order chi connectivity index (χ1) is 12.3. The lowest BCUT2D eigenvalue weighted by atomic mass is 9.91. The largest absolute Gasteiger partial charge is 0.413 e. The summed E-state index contributed by atoms with van der Waals surface area (Å²) < 4.78 is 20.7. The molecule has 0 aromatic rings. The van der Waals surface area contributed by atoms with Gasteiger partial charge in [-0.1, -0.05) is 26.6 Å². The fraction of sp³-hybridized carbons (Fsp3) is 1.00. The van der Waals surface area contributed by atoms with Gasteiger partial charge in [-0.2, -0.15) is 0 Å². The Bertz CT molecular complexity index is 608. The molecular weight excluding hydrogens is 427 g/mol. The second-order valence-corrected chi connectivity index (χ2v) is 31.7. The first-order valence-electron chi connectivity index (χ1n) is 11.2. The van der Waals surface area contributed by atoms with E-state index in [0.29, 0.717) is 0 Å². The van der Waals surface area contributed by atoms with Gasteiger partial charge in [0.2, 0.25) is 8.32 Å². The Morgan fingerprint density at radius 2 is 1.24 bits per heavy atom. The van der Waals surface area contributed by atoms with Crippen LogP contribution in [0.15, 0.2) is 0 Å². The van der Waals surface area contributed by atoms with Crippen molar-refractivity contribution in [1.82, 2.24) is 4.98 Å². The predicted octanol–water partition coefficient (Wildman–Crippen LogP) is 6.26. The maximum Gasteiger partial charge on any atom is 0.275 e. The second kappa shape index (κ2) is 7.64.